The topological polar surface area (TPSA) is 411 Å². The number of benzene rings is 2. The number of rotatable bonds is 21. The average Bonchev–Trinajstić information content (AvgIpc) is 1.68. The Hall–Kier alpha value is -6.55. The molecule has 7 unspecified atom stereocenters. The summed E-state index contributed by atoms with van der Waals surface area (Å²) in [5.41, 5.74) is 4.49. The number of hydrogen-bond donors (Lipinski definition) is 7. The molecular formula is C56H80ClCuF8N9O20P2. The first kappa shape index (κ1) is 94.6. The zero-order valence-corrected chi connectivity index (χ0v) is 57.9. The number of anilines is 2. The number of esters is 2. The summed E-state index contributed by atoms with van der Waals surface area (Å²) in [5.74, 6) is -0.766. The molecule has 9 N–H and O–H groups in total. The van der Waals surface area contributed by atoms with E-state index in [1.165, 1.54) is 50.5 Å². The smallest absolute Gasteiger partial charge is 0.462 e. The monoisotopic (exact) mass is 1510 g/mol. The van der Waals surface area contributed by atoms with E-state index in [1.807, 2.05) is 0 Å². The molecule has 2 aliphatic heterocycles. The van der Waals surface area contributed by atoms with Crippen LogP contribution in [0.1, 0.15) is 102 Å². The Bertz CT molecular complexity index is 3180. The number of hydrogen-bond acceptors (Lipinski definition) is 25. The molecule has 6 rings (SSSR count). The average molecular weight is 1510 g/mol. The molecule has 29 nitrogen and oxygen atoms in total. The van der Waals surface area contributed by atoms with Gasteiger partial charge in [-0.05, 0) is 126 Å². The summed E-state index contributed by atoms with van der Waals surface area (Å²) in [6.45, 7) is 13.2. The van der Waals surface area contributed by atoms with Crippen LogP contribution in [0.3, 0.4) is 0 Å². The molecule has 12 atom stereocenters. The zero-order chi connectivity index (χ0) is 74.6. The van der Waals surface area contributed by atoms with Crippen LogP contribution < -0.4 is 42.1 Å². The number of alkyl halides is 2. The van der Waals surface area contributed by atoms with Crippen LogP contribution in [0.2, 0.25) is 0 Å². The zero-order valence-electron chi connectivity index (χ0n) is 54.4. The number of nitrogens with two attached hydrogens (primary N) is 2. The molecular weight excluding hydrogens is 1430 g/mol. The van der Waals surface area contributed by atoms with E-state index in [-0.39, 0.29) is 52.9 Å². The number of halogens is 9. The van der Waals surface area contributed by atoms with Crippen LogP contribution in [0, 0.1) is 13.4 Å². The van der Waals surface area contributed by atoms with Gasteiger partial charge in [0.15, 0.2) is 37.2 Å². The second kappa shape index (κ2) is 46.7. The number of nitrogens with one attached hydrogen (secondary N) is 2. The molecule has 553 valence electrons. The fourth-order valence-corrected chi connectivity index (χ4v) is 11.2. The van der Waals surface area contributed by atoms with Crippen LogP contribution in [0.15, 0.2) is 94.8 Å². The van der Waals surface area contributed by atoms with Crippen LogP contribution in [0.25, 0.3) is 0 Å². The number of carbonyl (C=O) groups is 2. The van der Waals surface area contributed by atoms with Crippen molar-refractivity contribution in [3.05, 3.63) is 120 Å². The summed E-state index contributed by atoms with van der Waals surface area (Å²) in [6, 6.07) is 18.6. The molecule has 0 amide bonds. The summed E-state index contributed by atoms with van der Waals surface area (Å²) >= 11 is 5.76. The fourth-order valence-electron chi connectivity index (χ4n) is 8.02. The number of ether oxygens (including phenoxy) is 4. The van der Waals surface area contributed by atoms with Crippen molar-refractivity contribution in [1.29, 1.82) is 0 Å². The summed E-state index contributed by atoms with van der Waals surface area (Å²) < 4.78 is 152. The Kier molecular flexibility index (Phi) is 45.5. The first-order valence-electron chi connectivity index (χ1n) is 28.1. The van der Waals surface area contributed by atoms with Gasteiger partial charge in [0.1, 0.15) is 59.6 Å². The summed E-state index contributed by atoms with van der Waals surface area (Å²) in [4.78, 5) is 89.6. The molecule has 2 aromatic carbocycles. The summed E-state index contributed by atoms with van der Waals surface area (Å²) in [7, 11) is -4.29. The second-order valence-electron chi connectivity index (χ2n) is 20.9. The Balaban J connectivity index is -0.00000123. The Morgan fingerprint density at radius 1 is 0.670 bits per heavy atom. The van der Waals surface area contributed by atoms with Gasteiger partial charge in [0, 0.05) is 35.7 Å². The van der Waals surface area contributed by atoms with Crippen molar-refractivity contribution < 1.29 is 138 Å². The van der Waals surface area contributed by atoms with Gasteiger partial charge in [-0.15, -0.1) is 0 Å². The van der Waals surface area contributed by atoms with E-state index in [4.69, 9.17) is 79.5 Å². The van der Waals surface area contributed by atoms with Gasteiger partial charge in [-0.25, -0.2) is 32.6 Å². The third-order valence-electron chi connectivity index (χ3n) is 12.0. The fraction of sp³-hybridized carbons (Fsp3) is 0.536. The molecule has 0 saturated carbocycles. The third-order valence-corrected chi connectivity index (χ3v) is 15.3. The van der Waals surface area contributed by atoms with Crippen molar-refractivity contribution in [2.75, 3.05) is 31.2 Å². The van der Waals surface area contributed by atoms with Crippen molar-refractivity contribution in [2.45, 2.75) is 175 Å². The van der Waals surface area contributed by atoms with Crippen LogP contribution in [-0.4, -0.2) is 155 Å². The number of nitrogen functional groups attached to an aromatic ring is 2. The van der Waals surface area contributed by atoms with Crippen LogP contribution in [0.4, 0.5) is 46.8 Å². The summed E-state index contributed by atoms with van der Waals surface area (Å²) in [5, 5.41) is 34.2. The largest absolute Gasteiger partial charge is 2.00 e. The van der Waals surface area contributed by atoms with Crippen LogP contribution in [-0.2, 0) is 78.4 Å². The van der Waals surface area contributed by atoms with E-state index in [0.29, 0.717) is 17.8 Å². The summed E-state index contributed by atoms with van der Waals surface area (Å²) in [6.07, 6.45) is -6.41. The first-order chi connectivity index (χ1) is 44.4. The van der Waals surface area contributed by atoms with E-state index in [9.17, 15) is 69.3 Å². The molecule has 0 aliphatic carbocycles. The van der Waals surface area contributed by atoms with Gasteiger partial charge in [-0.2, -0.15) is 34.2 Å². The molecule has 2 aliphatic rings. The van der Waals surface area contributed by atoms with Gasteiger partial charge in [0.05, 0.1) is 25.4 Å². The molecule has 4 aromatic rings. The minimum atomic E-state index is -4.29. The molecule has 0 bridgehead atoms. The Labute approximate surface area is 568 Å². The van der Waals surface area contributed by atoms with E-state index >= 15 is 4.39 Å². The molecule has 2 saturated heterocycles. The van der Waals surface area contributed by atoms with Crippen molar-refractivity contribution in [2.24, 2.45) is 0 Å². The predicted molar refractivity (Wildman–Crippen MR) is 326 cm³/mol. The molecule has 1 radical (unpaired) electrons. The Morgan fingerprint density at radius 2 is 1.00 bits per heavy atom. The predicted octanol–water partition coefficient (Wildman–Crippen LogP) is 7.73. The normalized spacial score (nSPS) is 21.5. The van der Waals surface area contributed by atoms with E-state index in [0.717, 1.165) is 29.5 Å². The van der Waals surface area contributed by atoms with Crippen LogP contribution >= 0.6 is 25.9 Å². The first-order valence-corrected chi connectivity index (χ1v) is 32.2. The van der Waals surface area contributed by atoms with Gasteiger partial charge < -0.3 is 81.1 Å². The number of carbonyl (C=O) groups excluding carboxylic acids is 6. The van der Waals surface area contributed by atoms with Crippen LogP contribution in [0.5, 0.6) is 11.5 Å². The molecule has 97 heavy (non-hydrogen) atoms. The van der Waals surface area contributed by atoms with E-state index in [1.54, 1.807) is 76.2 Å². The SMILES string of the molecule is CC(C)OC(=O)C(C)NP(=O)(Cl)Oc1ccccc1.CC(C)OC(=O)C(C)NP(=O)(OCC1OC(n2ccc(N)nc2=O)[C@](C)(F)[C@@H]1O)Oc1ccccc1.CCN(C(C)C)C(C)C.C[C@]1(F)C(n2ccc(N)nc2=O)O[C@H](CO)[C@H]1O.F[C-](F)F.F[C-](F)F.O=C=O.O=C=O.[Cu+2]. The molecule has 2 aromatic heterocycles. The van der Waals surface area contributed by atoms with Gasteiger partial charge in [-0.1, -0.05) is 43.3 Å². The quantitative estimate of drug-likeness (QED) is 0.0138. The number of para-hydroxylation sites is 2. The minimum absolute atomic E-state index is 0. The standard InChI is InChI=1S/C22H30FN4O8P.C12H17ClNO4P.C10H14FN3O4.C8H19N.2CF3.2CO2.Cu/c1-13(2)33-19(29)14(3)26-36(31,35-15-8-6-5-7-9-15)32-12-16-18(28)22(4,23)20(34-16)27-11-10-17(24)25-21(27)30;1-9(2)17-12(15)10(3)14-19(13,16)18-11-7-5-4-6-8-11;1-10(11)7(16)5(4-15)18-8(10)14-3-2-6(12)13-9(14)17;1-6-9(7(2)3)8(4)5;2*2-1(3)4;2*2-1-3;/h5-11,13-14,16,18,20,28H,12H2,1-4H3,(H,26,31)(H2,24,25,30);4-10H,1-3H3,(H,14,16);2-3,5,7-8,15-16H,4H2,1H3,(H2,12,13,17);7-8H,6H2,1-5H3;;;;;/q;;;;2*-1;;;+2/t14?,16?,18-,20?,22-,36?;;5-,7-,8?,10-;;;;;;/m1.1....../s1. The maximum absolute atomic E-state index is 15.5. The number of aliphatic hydroxyl groups excluding tert-OH is 3. The van der Waals surface area contributed by atoms with Crippen molar-refractivity contribution in [3.8, 4) is 11.5 Å². The van der Waals surface area contributed by atoms with Gasteiger partial charge in [0.25, 0.3) is 0 Å². The van der Waals surface area contributed by atoms with Gasteiger partial charge in [0.2, 0.25) is 0 Å². The van der Waals surface area contributed by atoms with Crippen molar-refractivity contribution >= 4 is 61.7 Å². The maximum atomic E-state index is 15.5. The molecule has 0 spiro atoms. The second-order valence-corrected chi connectivity index (χ2v) is 25.3. The maximum Gasteiger partial charge on any atom is 2.00 e. The van der Waals surface area contributed by atoms with Crippen molar-refractivity contribution in [3.63, 3.8) is 0 Å². The molecule has 4 heterocycles. The third kappa shape index (κ3) is 36.2. The van der Waals surface area contributed by atoms with Gasteiger partial charge >= 0.3 is 67.3 Å². The minimum Gasteiger partial charge on any atom is -0.462 e. The Morgan fingerprint density at radius 3 is 1.30 bits per heavy atom. The number of aromatic nitrogens is 4. The number of nitrogens with zero attached hydrogens (tertiary/aromatic N) is 5. The van der Waals surface area contributed by atoms with E-state index in [2.05, 4.69) is 59.7 Å². The van der Waals surface area contributed by atoms with Crippen molar-refractivity contribution in [1.82, 2.24) is 34.2 Å². The van der Waals surface area contributed by atoms with E-state index < -0.39 is 131 Å². The molecule has 2 fully saturated rings. The molecule has 41 heteroatoms. The number of aliphatic hydroxyl groups is 3. The van der Waals surface area contributed by atoms with Gasteiger partial charge in [-0.3, -0.25) is 28.1 Å².